The van der Waals surface area contributed by atoms with E-state index in [1.165, 1.54) is 0 Å². The van der Waals surface area contributed by atoms with Crippen LogP contribution in [0.1, 0.15) is 32.6 Å². The van der Waals surface area contributed by atoms with Crippen LogP contribution in [-0.2, 0) is 14.3 Å². The molecule has 88 valence electrons. The minimum Gasteiger partial charge on any atom is -0.463 e. The van der Waals surface area contributed by atoms with Crippen LogP contribution in [0.3, 0.4) is 0 Å². The first kappa shape index (κ1) is 13.9. The first-order chi connectivity index (χ1) is 7.16. The summed E-state index contributed by atoms with van der Waals surface area (Å²) in [5, 5.41) is 6.86. The van der Waals surface area contributed by atoms with Crippen molar-refractivity contribution in [1.29, 1.82) is 5.41 Å². The van der Waals surface area contributed by atoms with E-state index in [2.05, 4.69) is 6.92 Å². The Kier molecular flexibility index (Phi) is 8.76. The fraction of sp³-hybridized carbons (Fsp3) is 0.800. The van der Waals surface area contributed by atoms with Gasteiger partial charge in [0, 0.05) is 6.61 Å². The molecule has 0 aliphatic rings. The van der Waals surface area contributed by atoms with Crippen molar-refractivity contribution in [1.82, 2.24) is 0 Å². The molecule has 0 aromatic heterocycles. The molecule has 0 bridgehead atoms. The third-order valence-corrected chi connectivity index (χ3v) is 1.72. The van der Waals surface area contributed by atoms with Crippen molar-refractivity contribution in [3.63, 3.8) is 0 Å². The van der Waals surface area contributed by atoms with Crippen molar-refractivity contribution in [3.8, 4) is 0 Å². The number of hydrogen-bond donors (Lipinski definition) is 2. The molecular formula is C10H20N2O3. The van der Waals surface area contributed by atoms with Crippen LogP contribution in [0.25, 0.3) is 0 Å². The maximum atomic E-state index is 10.9. The predicted molar refractivity (Wildman–Crippen MR) is 57.8 cm³/mol. The highest BCUT2D eigenvalue weighted by Crippen LogP contribution is 1.94. The molecule has 0 fully saturated rings. The van der Waals surface area contributed by atoms with Crippen LogP contribution in [-0.4, -0.2) is 31.6 Å². The van der Waals surface area contributed by atoms with Crippen LogP contribution in [0.4, 0.5) is 0 Å². The normalized spacial score (nSPS) is 9.93. The molecule has 0 aromatic rings. The molecule has 5 nitrogen and oxygen atoms in total. The SMILES string of the molecule is CCCCCOCCOC(=O)CC(=N)N. The largest absolute Gasteiger partial charge is 0.463 e. The van der Waals surface area contributed by atoms with Gasteiger partial charge in [-0.1, -0.05) is 19.8 Å². The Hall–Kier alpha value is -1.10. The molecule has 0 heterocycles. The van der Waals surface area contributed by atoms with Crippen molar-refractivity contribution in [3.05, 3.63) is 0 Å². The van der Waals surface area contributed by atoms with Crippen molar-refractivity contribution >= 4 is 11.8 Å². The number of nitrogens with one attached hydrogen (secondary N) is 1. The van der Waals surface area contributed by atoms with Crippen LogP contribution in [0.5, 0.6) is 0 Å². The van der Waals surface area contributed by atoms with E-state index in [1.54, 1.807) is 0 Å². The maximum absolute atomic E-state index is 10.9. The second kappa shape index (κ2) is 9.45. The van der Waals surface area contributed by atoms with E-state index in [9.17, 15) is 4.79 Å². The summed E-state index contributed by atoms with van der Waals surface area (Å²) in [5.41, 5.74) is 5.03. The van der Waals surface area contributed by atoms with Gasteiger partial charge in [0.05, 0.1) is 6.61 Å². The lowest BCUT2D eigenvalue weighted by molar-refractivity contribution is -0.143. The molecule has 0 aromatic carbocycles. The summed E-state index contributed by atoms with van der Waals surface area (Å²) in [4.78, 5) is 10.9. The highest BCUT2D eigenvalue weighted by molar-refractivity contribution is 5.94. The van der Waals surface area contributed by atoms with Gasteiger partial charge in [-0.05, 0) is 6.42 Å². The number of unbranched alkanes of at least 4 members (excludes halogenated alkanes) is 2. The van der Waals surface area contributed by atoms with E-state index < -0.39 is 5.97 Å². The van der Waals surface area contributed by atoms with Crippen molar-refractivity contribution in [2.24, 2.45) is 5.73 Å². The van der Waals surface area contributed by atoms with E-state index in [0.29, 0.717) is 13.2 Å². The zero-order valence-corrected chi connectivity index (χ0v) is 9.25. The molecule has 0 amide bonds. The third-order valence-electron chi connectivity index (χ3n) is 1.72. The number of carbonyl (C=O) groups excluding carboxylic acids is 1. The number of hydrogen-bond acceptors (Lipinski definition) is 4. The summed E-state index contributed by atoms with van der Waals surface area (Å²) in [6.45, 7) is 3.48. The Labute approximate surface area is 90.4 Å². The van der Waals surface area contributed by atoms with Crippen LogP contribution < -0.4 is 5.73 Å². The Morgan fingerprint density at radius 3 is 2.60 bits per heavy atom. The van der Waals surface area contributed by atoms with Gasteiger partial charge in [-0.2, -0.15) is 0 Å². The Morgan fingerprint density at radius 2 is 2.00 bits per heavy atom. The molecule has 0 saturated heterocycles. The minimum atomic E-state index is -0.473. The van der Waals surface area contributed by atoms with Gasteiger partial charge in [0.25, 0.3) is 0 Å². The molecule has 0 unspecified atom stereocenters. The van der Waals surface area contributed by atoms with Crippen LogP contribution >= 0.6 is 0 Å². The lowest BCUT2D eigenvalue weighted by Gasteiger charge is -2.05. The van der Waals surface area contributed by atoms with Gasteiger partial charge in [0.15, 0.2) is 0 Å². The van der Waals surface area contributed by atoms with E-state index in [1.807, 2.05) is 0 Å². The Morgan fingerprint density at radius 1 is 1.27 bits per heavy atom. The molecule has 0 saturated carbocycles. The zero-order chi connectivity index (χ0) is 11.5. The fourth-order valence-electron chi connectivity index (χ4n) is 0.977. The first-order valence-electron chi connectivity index (χ1n) is 5.23. The summed E-state index contributed by atoms with van der Waals surface area (Å²) in [5.74, 6) is -0.650. The van der Waals surface area contributed by atoms with E-state index >= 15 is 0 Å². The predicted octanol–water partition coefficient (Wildman–Crippen LogP) is 1.06. The van der Waals surface area contributed by atoms with E-state index in [4.69, 9.17) is 20.6 Å². The van der Waals surface area contributed by atoms with Crippen molar-refractivity contribution in [2.45, 2.75) is 32.6 Å². The number of esters is 1. The standard InChI is InChI=1S/C10H20N2O3/c1-2-3-4-5-14-6-7-15-10(13)8-9(11)12/h2-8H2,1H3,(H3,11,12). The Balaban J connectivity index is 3.16. The number of nitrogens with two attached hydrogens (primary N) is 1. The number of carbonyl (C=O) groups is 1. The number of amidine groups is 1. The summed E-state index contributed by atoms with van der Waals surface area (Å²) >= 11 is 0. The quantitative estimate of drug-likeness (QED) is 0.261. The average molecular weight is 216 g/mol. The molecule has 0 aliphatic heterocycles. The highest BCUT2D eigenvalue weighted by Gasteiger charge is 2.03. The molecule has 0 radical (unpaired) electrons. The highest BCUT2D eigenvalue weighted by atomic mass is 16.6. The van der Waals surface area contributed by atoms with Gasteiger partial charge >= 0.3 is 5.97 Å². The van der Waals surface area contributed by atoms with Gasteiger partial charge < -0.3 is 15.2 Å². The fourth-order valence-corrected chi connectivity index (χ4v) is 0.977. The summed E-state index contributed by atoms with van der Waals surface area (Å²) in [7, 11) is 0. The van der Waals surface area contributed by atoms with Crippen LogP contribution in [0, 0.1) is 5.41 Å². The smallest absolute Gasteiger partial charge is 0.313 e. The van der Waals surface area contributed by atoms with Crippen molar-refractivity contribution in [2.75, 3.05) is 19.8 Å². The van der Waals surface area contributed by atoms with Gasteiger partial charge in [-0.15, -0.1) is 0 Å². The van der Waals surface area contributed by atoms with Crippen LogP contribution in [0.15, 0.2) is 0 Å². The molecule has 15 heavy (non-hydrogen) atoms. The molecule has 0 atom stereocenters. The van der Waals surface area contributed by atoms with Gasteiger partial charge in [-0.25, -0.2) is 0 Å². The van der Waals surface area contributed by atoms with Crippen molar-refractivity contribution < 1.29 is 14.3 Å². The third kappa shape index (κ3) is 10.8. The topological polar surface area (TPSA) is 85.4 Å². The molecular weight excluding hydrogens is 196 g/mol. The Bertz CT molecular complexity index is 195. The monoisotopic (exact) mass is 216 g/mol. The number of rotatable bonds is 9. The van der Waals surface area contributed by atoms with Gasteiger partial charge in [-0.3, -0.25) is 10.2 Å². The lowest BCUT2D eigenvalue weighted by atomic mass is 10.3. The van der Waals surface area contributed by atoms with E-state index in [-0.39, 0.29) is 18.9 Å². The maximum Gasteiger partial charge on any atom is 0.313 e. The van der Waals surface area contributed by atoms with Gasteiger partial charge in [0.2, 0.25) is 0 Å². The molecule has 0 aliphatic carbocycles. The molecule has 0 spiro atoms. The minimum absolute atomic E-state index is 0.143. The van der Waals surface area contributed by atoms with E-state index in [0.717, 1.165) is 19.3 Å². The average Bonchev–Trinajstić information content (AvgIpc) is 2.15. The first-order valence-corrected chi connectivity index (χ1v) is 5.23. The summed E-state index contributed by atoms with van der Waals surface area (Å²) < 4.78 is 10.0. The number of ether oxygens (including phenoxy) is 2. The molecule has 5 heteroatoms. The lowest BCUT2D eigenvalue weighted by Crippen LogP contribution is -2.19. The molecule has 0 rings (SSSR count). The second-order valence-electron chi connectivity index (χ2n) is 3.24. The summed E-state index contributed by atoms with van der Waals surface area (Å²) in [6.07, 6.45) is 3.22. The second-order valence-corrected chi connectivity index (χ2v) is 3.24. The zero-order valence-electron chi connectivity index (χ0n) is 9.25. The summed E-state index contributed by atoms with van der Waals surface area (Å²) in [6, 6.07) is 0. The van der Waals surface area contributed by atoms with Crippen LogP contribution in [0.2, 0.25) is 0 Å². The van der Waals surface area contributed by atoms with Gasteiger partial charge in [0.1, 0.15) is 18.9 Å². The molecule has 3 N–H and O–H groups in total.